The van der Waals surface area contributed by atoms with Gasteiger partial charge in [0, 0.05) is 32.3 Å². The van der Waals surface area contributed by atoms with Crippen molar-refractivity contribution in [3.05, 3.63) is 39.9 Å². The highest BCUT2D eigenvalue weighted by molar-refractivity contribution is 6.42. The van der Waals surface area contributed by atoms with E-state index in [0.717, 1.165) is 31.7 Å². The zero-order chi connectivity index (χ0) is 18.5. The van der Waals surface area contributed by atoms with Gasteiger partial charge in [-0.1, -0.05) is 29.3 Å². The lowest BCUT2D eigenvalue weighted by Crippen LogP contribution is -2.53. The zero-order valence-electron chi connectivity index (χ0n) is 14.7. The third-order valence-corrected chi connectivity index (χ3v) is 5.62. The lowest BCUT2D eigenvalue weighted by Gasteiger charge is -2.34. The number of amides is 2. The Kier molecular flexibility index (Phi) is 6.57. The van der Waals surface area contributed by atoms with Crippen molar-refractivity contribution >= 4 is 41.1 Å². The van der Waals surface area contributed by atoms with Crippen LogP contribution in [0.5, 0.6) is 0 Å². The van der Waals surface area contributed by atoms with Crippen molar-refractivity contribution in [3.63, 3.8) is 0 Å². The summed E-state index contributed by atoms with van der Waals surface area (Å²) in [7, 11) is 0. The quantitative estimate of drug-likeness (QED) is 0.719. The smallest absolute Gasteiger partial charge is 0.247 e. The third kappa shape index (κ3) is 5.00. The Labute approximate surface area is 164 Å². The van der Waals surface area contributed by atoms with Crippen molar-refractivity contribution in [2.24, 2.45) is 0 Å². The molecule has 2 amide bonds. The number of nitrogens with zero attached hydrogens (tertiary/aromatic N) is 3. The van der Waals surface area contributed by atoms with Gasteiger partial charge in [-0.3, -0.25) is 9.59 Å². The molecule has 0 unspecified atom stereocenters. The molecule has 0 aromatic heterocycles. The first-order valence-corrected chi connectivity index (χ1v) is 9.71. The number of hydrogen-bond donors (Lipinski definition) is 0. The molecule has 1 aromatic carbocycles. The average molecular weight is 396 g/mol. The van der Waals surface area contributed by atoms with Crippen LogP contribution < -0.4 is 0 Å². The molecule has 1 aromatic rings. The van der Waals surface area contributed by atoms with Crippen molar-refractivity contribution in [2.45, 2.75) is 12.8 Å². The second-order valence-corrected chi connectivity index (χ2v) is 7.51. The Bertz CT molecular complexity index is 702. The average Bonchev–Trinajstić information content (AvgIpc) is 3.15. The summed E-state index contributed by atoms with van der Waals surface area (Å²) in [4.78, 5) is 30.5. The van der Waals surface area contributed by atoms with Gasteiger partial charge < -0.3 is 14.7 Å². The van der Waals surface area contributed by atoms with E-state index in [9.17, 15) is 9.59 Å². The Morgan fingerprint density at radius 1 is 1.04 bits per heavy atom. The van der Waals surface area contributed by atoms with Crippen molar-refractivity contribution in [3.8, 4) is 0 Å². The van der Waals surface area contributed by atoms with E-state index < -0.39 is 0 Å². The van der Waals surface area contributed by atoms with Crippen LogP contribution in [0.4, 0.5) is 0 Å². The van der Waals surface area contributed by atoms with E-state index in [1.165, 1.54) is 18.9 Å². The number of halogens is 2. The van der Waals surface area contributed by atoms with Crippen molar-refractivity contribution in [1.29, 1.82) is 0 Å². The van der Waals surface area contributed by atoms with Crippen molar-refractivity contribution in [1.82, 2.24) is 14.7 Å². The molecule has 0 atom stereocenters. The summed E-state index contributed by atoms with van der Waals surface area (Å²) >= 11 is 11.9. The molecule has 140 valence electrons. The Morgan fingerprint density at radius 3 is 2.50 bits per heavy atom. The largest absolute Gasteiger partial charge is 0.338 e. The summed E-state index contributed by atoms with van der Waals surface area (Å²) in [6, 6.07) is 5.19. The first kappa shape index (κ1) is 19.2. The summed E-state index contributed by atoms with van der Waals surface area (Å²) in [6.45, 7) is 5.25. The first-order valence-electron chi connectivity index (χ1n) is 8.95. The number of benzene rings is 1. The maximum atomic E-state index is 12.3. The van der Waals surface area contributed by atoms with Gasteiger partial charge in [0.15, 0.2) is 0 Å². The molecular weight excluding hydrogens is 373 g/mol. The Morgan fingerprint density at radius 2 is 1.81 bits per heavy atom. The molecule has 0 aliphatic carbocycles. The van der Waals surface area contributed by atoms with Crippen molar-refractivity contribution in [2.75, 3.05) is 45.8 Å². The Hall–Kier alpha value is -1.56. The van der Waals surface area contributed by atoms with Crippen LogP contribution in [0.2, 0.25) is 10.0 Å². The lowest BCUT2D eigenvalue weighted by molar-refractivity contribution is -0.143. The molecular formula is C19H23Cl2N3O2. The predicted octanol–water partition coefficient (Wildman–Crippen LogP) is 2.77. The number of carbonyl (C=O) groups excluding carboxylic acids is 2. The molecule has 0 spiro atoms. The van der Waals surface area contributed by atoms with Crippen LogP contribution in [0.3, 0.4) is 0 Å². The number of rotatable bonds is 5. The van der Waals surface area contributed by atoms with Crippen LogP contribution in [0, 0.1) is 0 Å². The molecule has 5 nitrogen and oxygen atoms in total. The SMILES string of the molecule is O=C(C=Cc1ccc(Cl)c(Cl)c1)N1CCN(CCN2CCCC2)C(=O)C1. The van der Waals surface area contributed by atoms with Gasteiger partial charge >= 0.3 is 0 Å². The number of carbonyl (C=O) groups is 2. The van der Waals surface area contributed by atoms with E-state index in [2.05, 4.69) is 4.90 Å². The minimum Gasteiger partial charge on any atom is -0.338 e. The van der Waals surface area contributed by atoms with Gasteiger partial charge in [0.05, 0.1) is 10.0 Å². The fourth-order valence-corrected chi connectivity index (χ4v) is 3.60. The van der Waals surface area contributed by atoms with E-state index in [1.54, 1.807) is 29.2 Å². The molecule has 7 heteroatoms. The molecule has 0 saturated carbocycles. The van der Waals surface area contributed by atoms with Crippen LogP contribution in [0.15, 0.2) is 24.3 Å². The van der Waals surface area contributed by atoms with Gasteiger partial charge in [0.2, 0.25) is 11.8 Å². The van der Waals surface area contributed by atoms with Crippen LogP contribution in [-0.4, -0.2) is 72.3 Å². The standard InChI is InChI=1S/C19H23Cl2N3O2/c20-16-5-3-15(13-17(16)21)4-6-18(25)24-12-11-23(19(26)14-24)10-9-22-7-1-2-8-22/h3-6,13H,1-2,7-12,14H2. The molecule has 0 radical (unpaired) electrons. The minimum atomic E-state index is -0.163. The summed E-state index contributed by atoms with van der Waals surface area (Å²) < 4.78 is 0. The summed E-state index contributed by atoms with van der Waals surface area (Å²) in [6.07, 6.45) is 5.67. The first-order chi connectivity index (χ1) is 12.5. The van der Waals surface area contributed by atoms with Crippen LogP contribution in [0.25, 0.3) is 6.08 Å². The number of piperazine rings is 1. The van der Waals surface area contributed by atoms with E-state index in [0.29, 0.717) is 23.1 Å². The van der Waals surface area contributed by atoms with Gasteiger partial charge in [-0.05, 0) is 49.7 Å². The molecule has 2 saturated heterocycles. The zero-order valence-corrected chi connectivity index (χ0v) is 16.2. The van der Waals surface area contributed by atoms with Crippen LogP contribution >= 0.6 is 23.2 Å². The van der Waals surface area contributed by atoms with Crippen LogP contribution in [-0.2, 0) is 9.59 Å². The second-order valence-electron chi connectivity index (χ2n) is 6.70. The molecule has 26 heavy (non-hydrogen) atoms. The molecule has 0 N–H and O–H groups in total. The third-order valence-electron chi connectivity index (χ3n) is 4.88. The molecule has 2 heterocycles. The molecule has 3 rings (SSSR count). The molecule has 2 aliphatic rings. The minimum absolute atomic E-state index is 0.0201. The van der Waals surface area contributed by atoms with E-state index in [1.807, 2.05) is 4.90 Å². The highest BCUT2D eigenvalue weighted by Gasteiger charge is 2.26. The van der Waals surface area contributed by atoms with Gasteiger partial charge in [-0.25, -0.2) is 0 Å². The molecule has 0 bridgehead atoms. The summed E-state index contributed by atoms with van der Waals surface area (Å²) in [5, 5.41) is 0.925. The normalized spacial score (nSPS) is 18.9. The van der Waals surface area contributed by atoms with E-state index in [-0.39, 0.29) is 18.4 Å². The van der Waals surface area contributed by atoms with Gasteiger partial charge in [-0.15, -0.1) is 0 Å². The van der Waals surface area contributed by atoms with Gasteiger partial charge in [-0.2, -0.15) is 0 Å². The fourth-order valence-electron chi connectivity index (χ4n) is 3.29. The topological polar surface area (TPSA) is 43.9 Å². The monoisotopic (exact) mass is 395 g/mol. The predicted molar refractivity (Wildman–Crippen MR) is 104 cm³/mol. The van der Waals surface area contributed by atoms with Crippen molar-refractivity contribution < 1.29 is 9.59 Å². The van der Waals surface area contributed by atoms with Crippen LogP contribution in [0.1, 0.15) is 18.4 Å². The van der Waals surface area contributed by atoms with E-state index >= 15 is 0 Å². The summed E-state index contributed by atoms with van der Waals surface area (Å²) in [5.74, 6) is -0.143. The summed E-state index contributed by atoms with van der Waals surface area (Å²) in [5.41, 5.74) is 0.795. The highest BCUT2D eigenvalue weighted by atomic mass is 35.5. The number of hydrogen-bond acceptors (Lipinski definition) is 3. The number of likely N-dealkylation sites (tertiary alicyclic amines) is 1. The lowest BCUT2D eigenvalue weighted by atomic mass is 10.2. The Balaban J connectivity index is 1.49. The maximum absolute atomic E-state index is 12.3. The van der Waals surface area contributed by atoms with Gasteiger partial charge in [0.1, 0.15) is 6.54 Å². The maximum Gasteiger partial charge on any atom is 0.247 e. The molecule has 2 fully saturated rings. The van der Waals surface area contributed by atoms with Gasteiger partial charge in [0.25, 0.3) is 0 Å². The molecule has 2 aliphatic heterocycles. The second kappa shape index (κ2) is 8.89. The fraction of sp³-hybridized carbons (Fsp3) is 0.474. The van der Waals surface area contributed by atoms with E-state index in [4.69, 9.17) is 23.2 Å². The highest BCUT2D eigenvalue weighted by Crippen LogP contribution is 2.23.